The summed E-state index contributed by atoms with van der Waals surface area (Å²) in [4.78, 5) is -0.714. The van der Waals surface area contributed by atoms with Gasteiger partial charge in [0.05, 0.1) is 10.5 Å². The third kappa shape index (κ3) is 3.58. The molecule has 1 aliphatic rings. The van der Waals surface area contributed by atoms with E-state index in [-0.39, 0.29) is 23.6 Å². The van der Waals surface area contributed by atoms with Crippen molar-refractivity contribution >= 4 is 26.0 Å². The van der Waals surface area contributed by atoms with Crippen molar-refractivity contribution in [1.29, 1.82) is 0 Å². The van der Waals surface area contributed by atoms with Crippen molar-refractivity contribution in [2.24, 2.45) is 5.73 Å². The standard InChI is InChI=1S/C12H14BrF3N2O2S/c13-8-1-2-11(10(7-8)12(14,15)16)21(19,20)18-5-3-9(17)4-6-18/h1-2,7,9H,3-6,17H2. The van der Waals surface area contributed by atoms with Gasteiger partial charge in [-0.3, -0.25) is 0 Å². The highest BCUT2D eigenvalue weighted by molar-refractivity contribution is 9.10. The van der Waals surface area contributed by atoms with Crippen LogP contribution < -0.4 is 5.73 Å². The molecule has 0 aliphatic carbocycles. The number of hydrogen-bond acceptors (Lipinski definition) is 3. The predicted octanol–water partition coefficient (Wildman–Crippen LogP) is 2.58. The Morgan fingerprint density at radius 3 is 2.33 bits per heavy atom. The molecule has 4 nitrogen and oxygen atoms in total. The molecule has 2 N–H and O–H groups in total. The average Bonchev–Trinajstić information content (AvgIpc) is 2.38. The van der Waals surface area contributed by atoms with Gasteiger partial charge in [0.15, 0.2) is 0 Å². The Morgan fingerprint density at radius 1 is 1.24 bits per heavy atom. The normalized spacial score (nSPS) is 18.9. The Morgan fingerprint density at radius 2 is 1.81 bits per heavy atom. The molecule has 0 atom stereocenters. The first-order valence-electron chi connectivity index (χ1n) is 6.25. The van der Waals surface area contributed by atoms with E-state index in [9.17, 15) is 21.6 Å². The summed E-state index contributed by atoms with van der Waals surface area (Å²) < 4.78 is 65.3. The van der Waals surface area contributed by atoms with Crippen LogP contribution in [0.2, 0.25) is 0 Å². The quantitative estimate of drug-likeness (QED) is 0.849. The van der Waals surface area contributed by atoms with Crippen molar-refractivity contribution in [3.05, 3.63) is 28.2 Å². The van der Waals surface area contributed by atoms with E-state index in [1.807, 2.05) is 0 Å². The fourth-order valence-corrected chi connectivity index (χ4v) is 4.23. The van der Waals surface area contributed by atoms with Gasteiger partial charge < -0.3 is 5.73 Å². The van der Waals surface area contributed by atoms with Gasteiger partial charge >= 0.3 is 6.18 Å². The fraction of sp³-hybridized carbons (Fsp3) is 0.500. The maximum absolute atomic E-state index is 13.1. The first-order chi connectivity index (χ1) is 9.62. The maximum atomic E-state index is 13.1. The van der Waals surface area contributed by atoms with Gasteiger partial charge in [-0.15, -0.1) is 0 Å². The van der Waals surface area contributed by atoms with Crippen LogP contribution in [0.25, 0.3) is 0 Å². The van der Waals surface area contributed by atoms with Gasteiger partial charge in [0.25, 0.3) is 0 Å². The molecule has 1 aromatic rings. The number of piperidine rings is 1. The summed E-state index contributed by atoms with van der Waals surface area (Å²) in [7, 11) is -4.18. The Bertz CT molecular complexity index is 626. The minimum Gasteiger partial charge on any atom is -0.328 e. The average molecular weight is 387 g/mol. The van der Waals surface area contributed by atoms with Crippen molar-refractivity contribution < 1.29 is 21.6 Å². The number of hydrogen-bond donors (Lipinski definition) is 1. The summed E-state index contributed by atoms with van der Waals surface area (Å²) in [5.74, 6) is 0. The smallest absolute Gasteiger partial charge is 0.328 e. The molecule has 0 radical (unpaired) electrons. The van der Waals surface area contributed by atoms with Gasteiger partial charge in [-0.2, -0.15) is 17.5 Å². The molecular formula is C12H14BrF3N2O2S. The second-order valence-electron chi connectivity index (χ2n) is 4.88. The monoisotopic (exact) mass is 386 g/mol. The Balaban J connectivity index is 2.45. The summed E-state index contributed by atoms with van der Waals surface area (Å²) in [6, 6.07) is 2.94. The molecule has 1 aromatic carbocycles. The number of alkyl halides is 3. The van der Waals surface area contributed by atoms with E-state index in [0.717, 1.165) is 16.4 Å². The molecule has 2 rings (SSSR count). The van der Waals surface area contributed by atoms with Crippen molar-refractivity contribution in [3.8, 4) is 0 Å². The Labute approximate surface area is 129 Å². The molecule has 118 valence electrons. The number of nitrogens with zero attached hydrogens (tertiary/aromatic N) is 1. The molecule has 21 heavy (non-hydrogen) atoms. The van der Waals surface area contributed by atoms with Gasteiger partial charge in [-0.1, -0.05) is 15.9 Å². The van der Waals surface area contributed by atoms with Gasteiger partial charge in [0.2, 0.25) is 10.0 Å². The van der Waals surface area contributed by atoms with E-state index in [1.165, 1.54) is 6.07 Å². The minimum absolute atomic E-state index is 0.108. The van der Waals surface area contributed by atoms with E-state index in [4.69, 9.17) is 5.73 Å². The van der Waals surface area contributed by atoms with E-state index < -0.39 is 26.7 Å². The second kappa shape index (κ2) is 5.86. The molecule has 1 saturated heterocycles. The summed E-state index contributed by atoms with van der Waals surface area (Å²) >= 11 is 2.93. The van der Waals surface area contributed by atoms with Gasteiger partial charge in [-0.05, 0) is 31.0 Å². The molecule has 1 heterocycles. The Kier molecular flexibility index (Phi) is 4.67. The highest BCUT2D eigenvalue weighted by Crippen LogP contribution is 2.37. The largest absolute Gasteiger partial charge is 0.417 e. The van der Waals surface area contributed by atoms with Crippen molar-refractivity contribution in [2.75, 3.05) is 13.1 Å². The molecule has 0 unspecified atom stereocenters. The Hall–Kier alpha value is -0.640. The zero-order valence-electron chi connectivity index (χ0n) is 10.9. The number of benzene rings is 1. The fourth-order valence-electron chi connectivity index (χ4n) is 2.20. The SMILES string of the molecule is NC1CCN(S(=O)(=O)c2ccc(Br)cc2C(F)(F)F)CC1. The lowest BCUT2D eigenvalue weighted by Crippen LogP contribution is -2.43. The van der Waals surface area contributed by atoms with Crippen molar-refractivity contribution in [1.82, 2.24) is 4.31 Å². The third-order valence-corrected chi connectivity index (χ3v) is 5.81. The van der Waals surface area contributed by atoms with Crippen LogP contribution in [0.15, 0.2) is 27.6 Å². The third-order valence-electron chi connectivity index (χ3n) is 3.36. The van der Waals surface area contributed by atoms with E-state index in [2.05, 4.69) is 15.9 Å². The lowest BCUT2D eigenvalue weighted by molar-refractivity contribution is -0.140. The van der Waals surface area contributed by atoms with Gasteiger partial charge in [0, 0.05) is 23.6 Å². The van der Waals surface area contributed by atoms with Crippen LogP contribution in [-0.2, 0) is 16.2 Å². The minimum atomic E-state index is -4.74. The predicted molar refractivity (Wildman–Crippen MR) is 75.1 cm³/mol. The molecule has 0 amide bonds. The van der Waals surface area contributed by atoms with Crippen LogP contribution in [-0.4, -0.2) is 31.9 Å². The van der Waals surface area contributed by atoms with E-state index in [1.54, 1.807) is 0 Å². The maximum Gasteiger partial charge on any atom is 0.417 e. The molecule has 0 bridgehead atoms. The zero-order valence-corrected chi connectivity index (χ0v) is 13.3. The van der Waals surface area contributed by atoms with E-state index in [0.29, 0.717) is 12.8 Å². The summed E-state index contributed by atoms with van der Waals surface area (Å²) in [6.45, 7) is 0.272. The molecule has 0 saturated carbocycles. The van der Waals surface area contributed by atoms with E-state index >= 15 is 0 Å². The molecule has 9 heteroatoms. The first kappa shape index (κ1) is 16.7. The highest BCUT2D eigenvalue weighted by Gasteiger charge is 2.39. The van der Waals surface area contributed by atoms with Crippen LogP contribution in [0.3, 0.4) is 0 Å². The van der Waals surface area contributed by atoms with Gasteiger partial charge in [-0.25, -0.2) is 8.42 Å². The second-order valence-corrected chi connectivity index (χ2v) is 7.70. The van der Waals surface area contributed by atoms with Crippen LogP contribution >= 0.6 is 15.9 Å². The van der Waals surface area contributed by atoms with Crippen LogP contribution in [0, 0.1) is 0 Å². The number of nitrogens with two attached hydrogens (primary N) is 1. The summed E-state index contributed by atoms with van der Waals surface area (Å²) in [6.07, 6.45) is -3.85. The lowest BCUT2D eigenvalue weighted by atomic mass is 10.1. The molecule has 0 aromatic heterocycles. The molecule has 1 aliphatic heterocycles. The lowest BCUT2D eigenvalue weighted by Gasteiger charge is -2.30. The highest BCUT2D eigenvalue weighted by atomic mass is 79.9. The summed E-state index contributed by atoms with van der Waals surface area (Å²) in [5, 5.41) is 0. The van der Waals surface area contributed by atoms with Crippen LogP contribution in [0.4, 0.5) is 13.2 Å². The van der Waals surface area contributed by atoms with Crippen molar-refractivity contribution in [2.45, 2.75) is 30.0 Å². The topological polar surface area (TPSA) is 63.4 Å². The molecule has 0 spiro atoms. The van der Waals surface area contributed by atoms with Crippen molar-refractivity contribution in [3.63, 3.8) is 0 Å². The van der Waals surface area contributed by atoms with Crippen LogP contribution in [0.1, 0.15) is 18.4 Å². The first-order valence-corrected chi connectivity index (χ1v) is 8.48. The number of sulfonamides is 1. The molecular weight excluding hydrogens is 373 g/mol. The molecule has 1 fully saturated rings. The number of halogens is 4. The summed E-state index contributed by atoms with van der Waals surface area (Å²) in [5.41, 5.74) is 4.53. The zero-order chi connectivity index (χ0) is 15.8. The van der Waals surface area contributed by atoms with Crippen LogP contribution in [0.5, 0.6) is 0 Å². The number of rotatable bonds is 2. The van der Waals surface area contributed by atoms with Gasteiger partial charge in [0.1, 0.15) is 0 Å².